The van der Waals surface area contributed by atoms with Crippen LogP contribution in [0.4, 0.5) is 10.1 Å². The maximum Gasteiger partial charge on any atom is 0.143 e. The number of fused-ring (bicyclic) bond motifs is 1. The van der Waals surface area contributed by atoms with Gasteiger partial charge in [-0.05, 0) is 43.2 Å². The topological polar surface area (TPSA) is 43.8 Å². The molecule has 1 fully saturated rings. The van der Waals surface area contributed by atoms with E-state index in [1.807, 2.05) is 6.07 Å². The number of nitrogen functional groups attached to an aromatic ring is 1. The number of halogens is 2. The van der Waals surface area contributed by atoms with Crippen molar-refractivity contribution in [3.8, 4) is 11.4 Å². The fourth-order valence-corrected chi connectivity index (χ4v) is 2.86. The smallest absolute Gasteiger partial charge is 0.143 e. The van der Waals surface area contributed by atoms with Crippen LogP contribution in [0.2, 0.25) is 5.02 Å². The highest BCUT2D eigenvalue weighted by atomic mass is 35.5. The molecule has 2 N–H and O–H groups in total. The van der Waals surface area contributed by atoms with Crippen LogP contribution in [0.1, 0.15) is 18.9 Å². The van der Waals surface area contributed by atoms with Gasteiger partial charge in [0.15, 0.2) is 0 Å². The first-order valence-corrected chi connectivity index (χ1v) is 7.24. The molecule has 1 saturated carbocycles. The van der Waals surface area contributed by atoms with E-state index in [1.165, 1.54) is 12.1 Å². The molecule has 0 amide bonds. The van der Waals surface area contributed by atoms with Gasteiger partial charge in [0.05, 0.1) is 11.0 Å². The van der Waals surface area contributed by atoms with E-state index in [0.717, 1.165) is 29.7 Å². The van der Waals surface area contributed by atoms with Crippen molar-refractivity contribution in [3.63, 3.8) is 0 Å². The van der Waals surface area contributed by atoms with Gasteiger partial charge in [-0.2, -0.15) is 0 Å². The molecule has 1 aliphatic rings. The van der Waals surface area contributed by atoms with Gasteiger partial charge in [-0.3, -0.25) is 0 Å². The summed E-state index contributed by atoms with van der Waals surface area (Å²) in [6.45, 7) is 0. The summed E-state index contributed by atoms with van der Waals surface area (Å²) in [5.41, 5.74) is 9.08. The third kappa shape index (κ3) is 2.07. The van der Waals surface area contributed by atoms with Crippen molar-refractivity contribution in [1.82, 2.24) is 9.55 Å². The number of nitrogens with zero attached hydrogens (tertiary/aromatic N) is 2. The van der Waals surface area contributed by atoms with Crippen molar-refractivity contribution in [2.75, 3.05) is 5.73 Å². The van der Waals surface area contributed by atoms with Gasteiger partial charge in [-0.15, -0.1) is 0 Å². The number of aromatic nitrogens is 2. The Labute approximate surface area is 126 Å². The Morgan fingerprint density at radius 1 is 1.19 bits per heavy atom. The number of hydrogen-bond acceptors (Lipinski definition) is 2. The summed E-state index contributed by atoms with van der Waals surface area (Å²) in [6.07, 6.45) is 2.21. The van der Waals surface area contributed by atoms with E-state index in [9.17, 15) is 4.39 Å². The van der Waals surface area contributed by atoms with Gasteiger partial charge < -0.3 is 10.3 Å². The number of benzene rings is 2. The molecule has 1 aliphatic carbocycles. The predicted octanol–water partition coefficient (Wildman–Crippen LogP) is 4.41. The number of imidazole rings is 1. The van der Waals surface area contributed by atoms with Crippen molar-refractivity contribution < 1.29 is 4.39 Å². The van der Waals surface area contributed by atoms with Crippen LogP contribution in [-0.4, -0.2) is 9.55 Å². The van der Waals surface area contributed by atoms with Gasteiger partial charge in [0, 0.05) is 28.4 Å². The zero-order valence-corrected chi connectivity index (χ0v) is 11.9. The van der Waals surface area contributed by atoms with Gasteiger partial charge in [0.1, 0.15) is 11.6 Å². The maximum absolute atomic E-state index is 13.4. The molecule has 0 bridgehead atoms. The van der Waals surface area contributed by atoms with Crippen molar-refractivity contribution >= 4 is 28.3 Å². The van der Waals surface area contributed by atoms with E-state index >= 15 is 0 Å². The Hall–Kier alpha value is -2.07. The Balaban J connectivity index is 2.03. The van der Waals surface area contributed by atoms with E-state index in [0.29, 0.717) is 22.3 Å². The molecule has 0 aliphatic heterocycles. The summed E-state index contributed by atoms with van der Waals surface area (Å²) in [7, 11) is 0. The molecule has 0 spiro atoms. The SMILES string of the molecule is Nc1ccc(Cl)cc1-c1nc2cc(F)ccc2n1C1CC1. The zero-order valence-electron chi connectivity index (χ0n) is 11.2. The Kier molecular flexibility index (Phi) is 2.69. The maximum atomic E-state index is 13.4. The quantitative estimate of drug-likeness (QED) is 0.712. The molecule has 3 aromatic rings. The summed E-state index contributed by atoms with van der Waals surface area (Å²) < 4.78 is 15.6. The van der Waals surface area contributed by atoms with Crippen LogP contribution < -0.4 is 5.73 Å². The van der Waals surface area contributed by atoms with Crippen LogP contribution in [-0.2, 0) is 0 Å². The monoisotopic (exact) mass is 301 g/mol. The normalized spacial score (nSPS) is 14.8. The van der Waals surface area contributed by atoms with E-state index in [-0.39, 0.29) is 5.82 Å². The van der Waals surface area contributed by atoms with Crippen molar-refractivity contribution in [2.45, 2.75) is 18.9 Å². The van der Waals surface area contributed by atoms with E-state index < -0.39 is 0 Å². The summed E-state index contributed by atoms with van der Waals surface area (Å²) in [5.74, 6) is 0.478. The average Bonchev–Trinajstić information content (AvgIpc) is 3.22. The molecule has 0 unspecified atom stereocenters. The third-order valence-corrected chi connectivity index (χ3v) is 4.05. The first-order chi connectivity index (χ1) is 10.1. The third-order valence-electron chi connectivity index (χ3n) is 3.82. The summed E-state index contributed by atoms with van der Waals surface area (Å²) >= 11 is 6.09. The summed E-state index contributed by atoms with van der Waals surface area (Å²) in [5, 5.41) is 0.611. The molecular weight excluding hydrogens is 289 g/mol. The first kappa shape index (κ1) is 12.7. The van der Waals surface area contributed by atoms with Crippen LogP contribution in [0.15, 0.2) is 36.4 Å². The number of anilines is 1. The summed E-state index contributed by atoms with van der Waals surface area (Å²) in [6, 6.07) is 10.5. The molecular formula is C16H13ClFN3. The van der Waals surface area contributed by atoms with Gasteiger partial charge in [0.25, 0.3) is 0 Å². The molecule has 1 heterocycles. The van der Waals surface area contributed by atoms with Crippen molar-refractivity contribution in [2.24, 2.45) is 0 Å². The lowest BCUT2D eigenvalue weighted by Crippen LogP contribution is -2.00. The second kappa shape index (κ2) is 4.46. The van der Waals surface area contributed by atoms with Gasteiger partial charge in [-0.25, -0.2) is 9.37 Å². The largest absolute Gasteiger partial charge is 0.398 e. The minimum absolute atomic E-state index is 0.284. The molecule has 0 atom stereocenters. The molecule has 0 radical (unpaired) electrons. The standard InChI is InChI=1S/C16H13ClFN3/c17-9-1-5-13(19)12(7-9)16-20-14-8-10(18)2-6-15(14)21(16)11-3-4-11/h1-2,5-8,11H,3-4,19H2. The highest BCUT2D eigenvalue weighted by molar-refractivity contribution is 6.31. The van der Waals surface area contributed by atoms with Gasteiger partial charge in [0.2, 0.25) is 0 Å². The summed E-state index contributed by atoms with van der Waals surface area (Å²) in [4.78, 5) is 4.59. The molecule has 1 aromatic heterocycles. The molecule has 3 nitrogen and oxygen atoms in total. The average molecular weight is 302 g/mol. The molecule has 21 heavy (non-hydrogen) atoms. The van der Waals surface area contributed by atoms with Crippen LogP contribution >= 0.6 is 11.6 Å². The van der Waals surface area contributed by atoms with Crippen LogP contribution in [0.3, 0.4) is 0 Å². The number of nitrogens with two attached hydrogens (primary N) is 1. The Morgan fingerprint density at radius 2 is 2.00 bits per heavy atom. The fraction of sp³-hybridized carbons (Fsp3) is 0.188. The van der Waals surface area contributed by atoms with E-state index in [2.05, 4.69) is 9.55 Å². The highest BCUT2D eigenvalue weighted by Crippen LogP contribution is 2.42. The molecule has 4 rings (SSSR count). The lowest BCUT2D eigenvalue weighted by atomic mass is 10.1. The Bertz CT molecular complexity index is 852. The predicted molar refractivity (Wildman–Crippen MR) is 82.8 cm³/mol. The number of hydrogen-bond donors (Lipinski definition) is 1. The zero-order chi connectivity index (χ0) is 14.6. The minimum atomic E-state index is -0.284. The highest BCUT2D eigenvalue weighted by Gasteiger charge is 2.29. The number of rotatable bonds is 2. The first-order valence-electron chi connectivity index (χ1n) is 6.86. The van der Waals surface area contributed by atoms with Crippen molar-refractivity contribution in [3.05, 3.63) is 47.2 Å². The van der Waals surface area contributed by atoms with E-state index in [1.54, 1.807) is 18.2 Å². The molecule has 2 aromatic carbocycles. The van der Waals surface area contributed by atoms with Gasteiger partial charge >= 0.3 is 0 Å². The lowest BCUT2D eigenvalue weighted by molar-refractivity contribution is 0.629. The Morgan fingerprint density at radius 3 is 2.76 bits per heavy atom. The van der Waals surface area contributed by atoms with Crippen LogP contribution in [0.25, 0.3) is 22.4 Å². The second-order valence-electron chi connectivity index (χ2n) is 5.40. The van der Waals surface area contributed by atoms with Crippen molar-refractivity contribution in [1.29, 1.82) is 0 Å². The minimum Gasteiger partial charge on any atom is -0.398 e. The fourth-order valence-electron chi connectivity index (χ4n) is 2.69. The molecule has 106 valence electrons. The van der Waals surface area contributed by atoms with E-state index in [4.69, 9.17) is 17.3 Å². The molecule has 0 saturated heterocycles. The molecule has 5 heteroatoms. The second-order valence-corrected chi connectivity index (χ2v) is 5.84. The van der Waals surface area contributed by atoms with Gasteiger partial charge in [-0.1, -0.05) is 11.6 Å². The lowest BCUT2D eigenvalue weighted by Gasteiger charge is -2.10. The van der Waals surface area contributed by atoms with Crippen LogP contribution in [0.5, 0.6) is 0 Å². The van der Waals surface area contributed by atoms with Crippen LogP contribution in [0, 0.1) is 5.82 Å².